The first-order chi connectivity index (χ1) is 10.5. The molecular weight excluding hydrogens is 278 g/mol. The molecule has 0 saturated carbocycles. The van der Waals surface area contributed by atoms with Gasteiger partial charge in [0.15, 0.2) is 5.76 Å². The Kier molecular flexibility index (Phi) is 5.41. The van der Waals surface area contributed by atoms with Crippen LogP contribution in [0.2, 0.25) is 0 Å². The van der Waals surface area contributed by atoms with Gasteiger partial charge >= 0.3 is 0 Å². The summed E-state index contributed by atoms with van der Waals surface area (Å²) < 4.78 is 7.30. The number of hydrogen-bond donors (Lipinski definition) is 0. The van der Waals surface area contributed by atoms with Crippen LogP contribution in [0, 0.1) is 0 Å². The summed E-state index contributed by atoms with van der Waals surface area (Å²) in [7, 11) is 1.81. The molecule has 0 fully saturated rings. The molecular formula is C17H25N3O2. The van der Waals surface area contributed by atoms with Crippen molar-refractivity contribution >= 4 is 5.91 Å². The van der Waals surface area contributed by atoms with Gasteiger partial charge in [0.1, 0.15) is 6.04 Å². The average Bonchev–Trinajstić information content (AvgIpc) is 3.15. The zero-order chi connectivity index (χ0) is 16.1. The highest BCUT2D eigenvalue weighted by Crippen LogP contribution is 2.19. The van der Waals surface area contributed by atoms with E-state index >= 15 is 0 Å². The second kappa shape index (κ2) is 7.29. The van der Waals surface area contributed by atoms with Crippen LogP contribution in [-0.4, -0.2) is 27.6 Å². The SMILES string of the molecule is CCC[C@H](C(=O)N(C)Cc1cc(C(C)C)no1)n1cccc1. The molecule has 0 spiro atoms. The van der Waals surface area contributed by atoms with E-state index in [0.717, 1.165) is 24.3 Å². The van der Waals surface area contributed by atoms with Gasteiger partial charge in [0.25, 0.3) is 0 Å². The van der Waals surface area contributed by atoms with Crippen LogP contribution in [0.5, 0.6) is 0 Å². The van der Waals surface area contributed by atoms with Crippen molar-refractivity contribution in [3.05, 3.63) is 42.0 Å². The summed E-state index contributed by atoms with van der Waals surface area (Å²) in [6.45, 7) is 6.68. The molecule has 1 amide bonds. The van der Waals surface area contributed by atoms with Crippen LogP contribution >= 0.6 is 0 Å². The number of carbonyl (C=O) groups excluding carboxylic acids is 1. The van der Waals surface area contributed by atoms with Crippen molar-refractivity contribution in [2.45, 2.75) is 52.1 Å². The summed E-state index contributed by atoms with van der Waals surface area (Å²) in [4.78, 5) is 14.4. The molecule has 0 radical (unpaired) electrons. The lowest BCUT2D eigenvalue weighted by molar-refractivity contribution is -0.134. The van der Waals surface area contributed by atoms with Crippen LogP contribution in [0.15, 0.2) is 35.1 Å². The molecule has 0 N–H and O–H groups in total. The molecule has 120 valence electrons. The fraction of sp³-hybridized carbons (Fsp3) is 0.529. The van der Waals surface area contributed by atoms with Crippen molar-refractivity contribution in [3.8, 4) is 0 Å². The molecule has 0 aliphatic rings. The molecule has 5 heteroatoms. The Bertz CT molecular complexity index is 587. The minimum atomic E-state index is -0.155. The first kappa shape index (κ1) is 16.3. The van der Waals surface area contributed by atoms with Crippen LogP contribution in [0.3, 0.4) is 0 Å². The van der Waals surface area contributed by atoms with Gasteiger partial charge in [-0.25, -0.2) is 0 Å². The fourth-order valence-electron chi connectivity index (χ4n) is 2.47. The second-order valence-corrected chi connectivity index (χ2v) is 6.00. The monoisotopic (exact) mass is 303 g/mol. The molecule has 0 aromatic carbocycles. The quantitative estimate of drug-likeness (QED) is 0.785. The van der Waals surface area contributed by atoms with E-state index < -0.39 is 0 Å². The number of nitrogens with zero attached hydrogens (tertiary/aromatic N) is 3. The molecule has 2 aromatic rings. The zero-order valence-electron chi connectivity index (χ0n) is 13.8. The Balaban J connectivity index is 2.06. The van der Waals surface area contributed by atoms with E-state index in [1.165, 1.54) is 0 Å². The Labute approximate surface area is 131 Å². The molecule has 0 saturated heterocycles. The molecule has 0 bridgehead atoms. The smallest absolute Gasteiger partial charge is 0.245 e. The third kappa shape index (κ3) is 3.78. The second-order valence-electron chi connectivity index (χ2n) is 6.00. The molecule has 0 unspecified atom stereocenters. The lowest BCUT2D eigenvalue weighted by Crippen LogP contribution is -2.33. The molecule has 2 aromatic heterocycles. The first-order valence-corrected chi connectivity index (χ1v) is 7.85. The van der Waals surface area contributed by atoms with Crippen LogP contribution in [0.4, 0.5) is 0 Å². The Hall–Kier alpha value is -2.04. The van der Waals surface area contributed by atoms with Gasteiger partial charge in [-0.2, -0.15) is 0 Å². The molecule has 5 nitrogen and oxygen atoms in total. The summed E-state index contributed by atoms with van der Waals surface area (Å²) in [5.41, 5.74) is 0.923. The van der Waals surface area contributed by atoms with E-state index in [1.54, 1.807) is 4.90 Å². The van der Waals surface area contributed by atoms with Crippen molar-refractivity contribution in [1.29, 1.82) is 0 Å². The van der Waals surface area contributed by atoms with Gasteiger partial charge in [0.05, 0.1) is 12.2 Å². The van der Waals surface area contributed by atoms with Gasteiger partial charge < -0.3 is 14.0 Å². The number of likely N-dealkylation sites (N-methyl/N-ethyl adjacent to an activating group) is 1. The Morgan fingerprint density at radius 2 is 2.05 bits per heavy atom. The maximum atomic E-state index is 12.7. The van der Waals surface area contributed by atoms with Crippen molar-refractivity contribution < 1.29 is 9.32 Å². The standard InChI is InChI=1S/C17H25N3O2/c1-5-8-16(20-9-6-7-10-20)17(21)19(4)12-14-11-15(13(2)3)18-22-14/h6-7,9-11,13,16H,5,8,12H2,1-4H3/t16-/m1/s1. The minimum Gasteiger partial charge on any atom is -0.359 e. The topological polar surface area (TPSA) is 51.3 Å². The Morgan fingerprint density at radius 1 is 1.36 bits per heavy atom. The third-order valence-corrected chi connectivity index (χ3v) is 3.77. The number of carbonyl (C=O) groups is 1. The first-order valence-electron chi connectivity index (χ1n) is 7.85. The lowest BCUT2D eigenvalue weighted by Gasteiger charge is -2.24. The Morgan fingerprint density at radius 3 is 2.59 bits per heavy atom. The molecule has 0 aliphatic carbocycles. The highest BCUT2D eigenvalue weighted by Gasteiger charge is 2.23. The summed E-state index contributed by atoms with van der Waals surface area (Å²) in [5.74, 6) is 1.15. The highest BCUT2D eigenvalue weighted by atomic mass is 16.5. The average molecular weight is 303 g/mol. The molecule has 0 aliphatic heterocycles. The van der Waals surface area contributed by atoms with Crippen molar-refractivity contribution in [3.63, 3.8) is 0 Å². The molecule has 22 heavy (non-hydrogen) atoms. The summed E-state index contributed by atoms with van der Waals surface area (Å²) in [5, 5.41) is 4.04. The van der Waals surface area contributed by atoms with Crippen molar-refractivity contribution in [1.82, 2.24) is 14.6 Å². The molecule has 2 heterocycles. The lowest BCUT2D eigenvalue weighted by atomic mass is 10.1. The molecule has 2 rings (SSSR count). The molecule has 1 atom stereocenters. The number of amides is 1. The van der Waals surface area contributed by atoms with Crippen LogP contribution in [0.25, 0.3) is 0 Å². The summed E-state index contributed by atoms with van der Waals surface area (Å²) in [6, 6.07) is 5.67. The van der Waals surface area contributed by atoms with Crippen LogP contribution in [0.1, 0.15) is 57.0 Å². The summed E-state index contributed by atoms with van der Waals surface area (Å²) in [6.07, 6.45) is 5.67. The zero-order valence-corrected chi connectivity index (χ0v) is 13.8. The minimum absolute atomic E-state index is 0.0977. The maximum absolute atomic E-state index is 12.7. The maximum Gasteiger partial charge on any atom is 0.245 e. The van der Waals surface area contributed by atoms with Crippen LogP contribution in [-0.2, 0) is 11.3 Å². The van der Waals surface area contributed by atoms with E-state index in [2.05, 4.69) is 25.9 Å². The van der Waals surface area contributed by atoms with Crippen molar-refractivity contribution in [2.24, 2.45) is 0 Å². The van der Waals surface area contributed by atoms with E-state index in [1.807, 2.05) is 42.2 Å². The number of hydrogen-bond acceptors (Lipinski definition) is 3. The van der Waals surface area contributed by atoms with Gasteiger partial charge in [0, 0.05) is 25.5 Å². The number of aromatic nitrogens is 2. The van der Waals surface area contributed by atoms with E-state index in [9.17, 15) is 4.79 Å². The van der Waals surface area contributed by atoms with Crippen molar-refractivity contribution in [2.75, 3.05) is 7.05 Å². The largest absolute Gasteiger partial charge is 0.359 e. The predicted molar refractivity (Wildman–Crippen MR) is 85.4 cm³/mol. The third-order valence-electron chi connectivity index (χ3n) is 3.77. The predicted octanol–water partition coefficient (Wildman–Crippen LogP) is 3.60. The van der Waals surface area contributed by atoms with Crippen LogP contribution < -0.4 is 0 Å². The van der Waals surface area contributed by atoms with E-state index in [-0.39, 0.29) is 11.9 Å². The van der Waals surface area contributed by atoms with Gasteiger partial charge in [-0.05, 0) is 24.5 Å². The van der Waals surface area contributed by atoms with Gasteiger partial charge in [-0.1, -0.05) is 32.3 Å². The van der Waals surface area contributed by atoms with Gasteiger partial charge in [0.2, 0.25) is 5.91 Å². The fourth-order valence-corrected chi connectivity index (χ4v) is 2.47. The highest BCUT2D eigenvalue weighted by molar-refractivity contribution is 5.80. The van der Waals surface area contributed by atoms with E-state index in [0.29, 0.717) is 12.5 Å². The van der Waals surface area contributed by atoms with E-state index in [4.69, 9.17) is 4.52 Å². The van der Waals surface area contributed by atoms with Gasteiger partial charge in [-0.3, -0.25) is 4.79 Å². The summed E-state index contributed by atoms with van der Waals surface area (Å²) >= 11 is 0. The normalized spacial score (nSPS) is 12.6. The van der Waals surface area contributed by atoms with Gasteiger partial charge in [-0.15, -0.1) is 0 Å². The number of rotatable bonds is 7.